The summed E-state index contributed by atoms with van der Waals surface area (Å²) in [7, 11) is 1.61. The van der Waals surface area contributed by atoms with Gasteiger partial charge < -0.3 is 10.1 Å². The van der Waals surface area contributed by atoms with Crippen LogP contribution in [-0.4, -0.2) is 35.4 Å². The van der Waals surface area contributed by atoms with Crippen molar-refractivity contribution in [3.63, 3.8) is 0 Å². The van der Waals surface area contributed by atoms with Gasteiger partial charge in [-0.1, -0.05) is 18.3 Å². The minimum atomic E-state index is 0.592. The molecule has 0 aliphatic rings. The molecule has 0 radical (unpaired) electrons. The SMILES string of the molecule is CCCNCCc1nnc(-c2cccnc2OC)s1. The van der Waals surface area contributed by atoms with E-state index in [0.29, 0.717) is 5.88 Å². The Kier molecular flexibility index (Phi) is 5.23. The normalized spacial score (nSPS) is 10.6. The van der Waals surface area contributed by atoms with Gasteiger partial charge in [0.15, 0.2) is 5.01 Å². The van der Waals surface area contributed by atoms with Crippen molar-refractivity contribution >= 4 is 11.3 Å². The van der Waals surface area contributed by atoms with E-state index in [2.05, 4.69) is 27.4 Å². The van der Waals surface area contributed by atoms with E-state index in [1.165, 1.54) is 0 Å². The lowest BCUT2D eigenvalue weighted by Crippen LogP contribution is -2.17. The van der Waals surface area contributed by atoms with Crippen molar-refractivity contribution in [2.75, 3.05) is 20.2 Å². The first-order valence-electron chi connectivity index (χ1n) is 6.37. The number of ether oxygens (including phenoxy) is 1. The zero-order valence-electron chi connectivity index (χ0n) is 11.2. The second-order valence-electron chi connectivity index (χ2n) is 4.06. The lowest BCUT2D eigenvalue weighted by atomic mass is 10.3. The van der Waals surface area contributed by atoms with Crippen LogP contribution in [-0.2, 0) is 6.42 Å². The van der Waals surface area contributed by atoms with E-state index in [1.54, 1.807) is 24.6 Å². The first kappa shape index (κ1) is 13.9. The number of pyridine rings is 1. The molecule has 19 heavy (non-hydrogen) atoms. The maximum atomic E-state index is 5.24. The number of hydrogen-bond acceptors (Lipinski definition) is 6. The highest BCUT2D eigenvalue weighted by Crippen LogP contribution is 2.29. The zero-order chi connectivity index (χ0) is 13.5. The van der Waals surface area contributed by atoms with Crippen LogP contribution in [0.3, 0.4) is 0 Å². The van der Waals surface area contributed by atoms with Crippen molar-refractivity contribution in [3.05, 3.63) is 23.3 Å². The summed E-state index contributed by atoms with van der Waals surface area (Å²) in [6.07, 6.45) is 3.76. The van der Waals surface area contributed by atoms with Crippen LogP contribution in [0.25, 0.3) is 10.6 Å². The number of methoxy groups -OCH3 is 1. The molecule has 0 bridgehead atoms. The molecule has 5 nitrogen and oxygen atoms in total. The van der Waals surface area contributed by atoms with E-state index in [4.69, 9.17) is 4.74 Å². The fourth-order valence-electron chi connectivity index (χ4n) is 1.68. The number of nitrogens with zero attached hydrogens (tertiary/aromatic N) is 3. The van der Waals surface area contributed by atoms with Crippen LogP contribution in [0.5, 0.6) is 5.88 Å². The molecule has 0 saturated heterocycles. The van der Waals surface area contributed by atoms with Gasteiger partial charge in [-0.3, -0.25) is 0 Å². The van der Waals surface area contributed by atoms with Gasteiger partial charge in [0.2, 0.25) is 5.88 Å². The minimum Gasteiger partial charge on any atom is -0.480 e. The standard InChI is InChI=1S/C13H18N4OS/c1-3-7-14-9-6-11-16-17-13(19-11)10-5-4-8-15-12(10)18-2/h4-5,8,14H,3,6-7,9H2,1-2H3. The Hall–Kier alpha value is -1.53. The largest absolute Gasteiger partial charge is 0.480 e. The fraction of sp³-hybridized carbons (Fsp3) is 0.462. The summed E-state index contributed by atoms with van der Waals surface area (Å²) in [4.78, 5) is 4.17. The smallest absolute Gasteiger partial charge is 0.223 e. The quantitative estimate of drug-likeness (QED) is 0.786. The van der Waals surface area contributed by atoms with Gasteiger partial charge in [-0.2, -0.15) is 0 Å². The van der Waals surface area contributed by atoms with Crippen molar-refractivity contribution < 1.29 is 4.74 Å². The van der Waals surface area contributed by atoms with Crippen LogP contribution in [0.4, 0.5) is 0 Å². The summed E-state index contributed by atoms with van der Waals surface area (Å²) in [6.45, 7) is 4.14. The van der Waals surface area contributed by atoms with E-state index in [1.807, 2.05) is 12.1 Å². The first-order chi connectivity index (χ1) is 9.35. The highest BCUT2D eigenvalue weighted by Gasteiger charge is 2.11. The molecular weight excluding hydrogens is 260 g/mol. The summed E-state index contributed by atoms with van der Waals surface area (Å²) in [5.41, 5.74) is 0.898. The molecule has 2 rings (SSSR count). The molecule has 0 spiro atoms. The van der Waals surface area contributed by atoms with Crippen molar-refractivity contribution in [1.29, 1.82) is 0 Å². The zero-order valence-corrected chi connectivity index (χ0v) is 12.0. The lowest BCUT2D eigenvalue weighted by molar-refractivity contribution is 0.399. The van der Waals surface area contributed by atoms with Crippen LogP contribution in [0.15, 0.2) is 18.3 Å². The predicted molar refractivity (Wildman–Crippen MR) is 76.6 cm³/mol. The van der Waals surface area contributed by atoms with Gasteiger partial charge in [0.1, 0.15) is 5.01 Å². The van der Waals surface area contributed by atoms with Crippen molar-refractivity contribution in [1.82, 2.24) is 20.5 Å². The van der Waals surface area contributed by atoms with Gasteiger partial charge in [0.25, 0.3) is 0 Å². The summed E-state index contributed by atoms with van der Waals surface area (Å²) in [5.74, 6) is 0.592. The van der Waals surface area contributed by atoms with E-state index in [-0.39, 0.29) is 0 Å². The van der Waals surface area contributed by atoms with Gasteiger partial charge in [-0.15, -0.1) is 10.2 Å². The second-order valence-corrected chi connectivity index (χ2v) is 5.12. The van der Waals surface area contributed by atoms with Crippen molar-refractivity contribution in [2.45, 2.75) is 19.8 Å². The van der Waals surface area contributed by atoms with E-state index in [0.717, 1.165) is 41.5 Å². The summed E-state index contributed by atoms with van der Waals surface area (Å²) in [5, 5.41) is 13.7. The van der Waals surface area contributed by atoms with E-state index >= 15 is 0 Å². The van der Waals surface area contributed by atoms with Crippen molar-refractivity contribution in [3.8, 4) is 16.5 Å². The minimum absolute atomic E-state index is 0.592. The Morgan fingerprint density at radius 2 is 2.21 bits per heavy atom. The maximum absolute atomic E-state index is 5.24. The van der Waals surface area contributed by atoms with Crippen LogP contribution >= 0.6 is 11.3 Å². The molecule has 0 aromatic carbocycles. The molecule has 102 valence electrons. The lowest BCUT2D eigenvalue weighted by Gasteiger charge is -2.02. The monoisotopic (exact) mass is 278 g/mol. The van der Waals surface area contributed by atoms with Crippen LogP contribution < -0.4 is 10.1 Å². The van der Waals surface area contributed by atoms with Gasteiger partial charge in [0, 0.05) is 19.2 Å². The van der Waals surface area contributed by atoms with Gasteiger partial charge in [-0.05, 0) is 25.1 Å². The molecule has 0 aliphatic carbocycles. The van der Waals surface area contributed by atoms with Crippen LogP contribution in [0.2, 0.25) is 0 Å². The van der Waals surface area contributed by atoms with Gasteiger partial charge in [-0.25, -0.2) is 4.98 Å². The predicted octanol–water partition coefficient (Wildman–Crippen LogP) is 2.15. The highest BCUT2D eigenvalue weighted by molar-refractivity contribution is 7.14. The molecule has 2 heterocycles. The Morgan fingerprint density at radius 3 is 3.00 bits per heavy atom. The molecule has 1 N–H and O–H groups in total. The maximum Gasteiger partial charge on any atom is 0.223 e. The van der Waals surface area contributed by atoms with Crippen LogP contribution in [0, 0.1) is 0 Å². The Bertz CT molecular complexity index is 515. The molecule has 0 aliphatic heterocycles. The third kappa shape index (κ3) is 3.71. The topological polar surface area (TPSA) is 59.9 Å². The van der Waals surface area contributed by atoms with Gasteiger partial charge >= 0.3 is 0 Å². The average Bonchev–Trinajstić information content (AvgIpc) is 2.92. The molecule has 0 unspecified atom stereocenters. The summed E-state index contributed by atoms with van der Waals surface area (Å²) < 4.78 is 5.24. The van der Waals surface area contributed by atoms with E-state index in [9.17, 15) is 0 Å². The second kappa shape index (κ2) is 7.16. The first-order valence-corrected chi connectivity index (χ1v) is 7.19. The molecule has 6 heteroatoms. The molecule has 0 amide bonds. The highest BCUT2D eigenvalue weighted by atomic mass is 32.1. The van der Waals surface area contributed by atoms with E-state index < -0.39 is 0 Å². The molecular formula is C13H18N4OS. The number of rotatable bonds is 7. The third-order valence-electron chi connectivity index (χ3n) is 2.60. The summed E-state index contributed by atoms with van der Waals surface area (Å²) in [6, 6.07) is 3.83. The number of nitrogens with one attached hydrogen (secondary N) is 1. The van der Waals surface area contributed by atoms with Gasteiger partial charge in [0.05, 0.1) is 12.7 Å². The number of aromatic nitrogens is 3. The summed E-state index contributed by atoms with van der Waals surface area (Å²) >= 11 is 1.59. The Morgan fingerprint density at radius 1 is 1.32 bits per heavy atom. The Balaban J connectivity index is 2.04. The molecule has 2 aromatic heterocycles. The van der Waals surface area contributed by atoms with Crippen LogP contribution in [0.1, 0.15) is 18.4 Å². The third-order valence-corrected chi connectivity index (χ3v) is 3.62. The molecule has 2 aromatic rings. The van der Waals surface area contributed by atoms with Crippen molar-refractivity contribution in [2.24, 2.45) is 0 Å². The molecule has 0 fully saturated rings. The average molecular weight is 278 g/mol. The fourth-order valence-corrected chi connectivity index (χ4v) is 2.53. The molecule has 0 saturated carbocycles. The number of hydrogen-bond donors (Lipinski definition) is 1. The Labute approximate surface area is 117 Å². The molecule has 0 atom stereocenters.